The number of rotatable bonds is 6. The van der Waals surface area contributed by atoms with Gasteiger partial charge in [-0.15, -0.1) is 20.4 Å². The molecule has 1 aromatic carbocycles. The molecule has 0 saturated carbocycles. The third kappa shape index (κ3) is 3.11. The van der Waals surface area contributed by atoms with E-state index in [9.17, 15) is 0 Å². The summed E-state index contributed by atoms with van der Waals surface area (Å²) >= 11 is 1.35. The number of aryl methyl sites for hydroxylation is 1. The summed E-state index contributed by atoms with van der Waals surface area (Å²) in [6.45, 7) is 1.96. The number of benzene rings is 1. The zero-order chi connectivity index (χ0) is 15.4. The summed E-state index contributed by atoms with van der Waals surface area (Å²) in [7, 11) is 1.60. The zero-order valence-electron chi connectivity index (χ0n) is 12.1. The van der Waals surface area contributed by atoms with Crippen molar-refractivity contribution < 1.29 is 13.6 Å². The van der Waals surface area contributed by atoms with Gasteiger partial charge in [0.1, 0.15) is 5.75 Å². The van der Waals surface area contributed by atoms with Gasteiger partial charge in [0, 0.05) is 6.42 Å². The SMILES string of the molecule is CCc1nnc(CSc2nnc(-c3ccccc3OC)o2)o1. The van der Waals surface area contributed by atoms with Crippen molar-refractivity contribution in [1.29, 1.82) is 0 Å². The van der Waals surface area contributed by atoms with Crippen LogP contribution in [0, 0.1) is 0 Å². The van der Waals surface area contributed by atoms with Crippen molar-refractivity contribution in [3.8, 4) is 17.2 Å². The molecule has 7 nitrogen and oxygen atoms in total. The quantitative estimate of drug-likeness (QED) is 0.641. The minimum atomic E-state index is 0.416. The molecule has 0 bridgehead atoms. The normalized spacial score (nSPS) is 10.8. The van der Waals surface area contributed by atoms with E-state index in [1.807, 2.05) is 31.2 Å². The Bertz CT molecular complexity index is 756. The van der Waals surface area contributed by atoms with Crippen molar-refractivity contribution >= 4 is 11.8 Å². The predicted octanol–water partition coefficient (Wildman–Crippen LogP) is 2.98. The number of hydrogen-bond acceptors (Lipinski definition) is 8. The van der Waals surface area contributed by atoms with E-state index >= 15 is 0 Å². The molecule has 2 aromatic heterocycles. The van der Waals surface area contributed by atoms with Gasteiger partial charge in [-0.3, -0.25) is 0 Å². The fourth-order valence-electron chi connectivity index (χ4n) is 1.81. The molecule has 0 atom stereocenters. The number of para-hydroxylation sites is 1. The monoisotopic (exact) mass is 318 g/mol. The molecule has 0 radical (unpaired) electrons. The minimum Gasteiger partial charge on any atom is -0.496 e. The standard InChI is InChI=1S/C14H14N4O3S/c1-3-11-15-16-12(20-11)8-22-14-18-17-13(21-14)9-6-4-5-7-10(9)19-2/h4-7H,3,8H2,1-2H3. The first-order valence-corrected chi connectivity index (χ1v) is 7.69. The largest absolute Gasteiger partial charge is 0.496 e. The Morgan fingerprint density at radius 1 is 1.05 bits per heavy atom. The van der Waals surface area contributed by atoms with Gasteiger partial charge in [-0.05, 0) is 12.1 Å². The number of methoxy groups -OCH3 is 1. The summed E-state index contributed by atoms with van der Waals surface area (Å²) in [5.41, 5.74) is 0.760. The predicted molar refractivity (Wildman–Crippen MR) is 79.5 cm³/mol. The van der Waals surface area contributed by atoms with Crippen LogP contribution in [0.15, 0.2) is 38.3 Å². The Labute approximate surface area is 131 Å². The molecule has 0 spiro atoms. The van der Waals surface area contributed by atoms with E-state index < -0.39 is 0 Å². The van der Waals surface area contributed by atoms with E-state index in [0.717, 1.165) is 12.0 Å². The van der Waals surface area contributed by atoms with Gasteiger partial charge in [0.15, 0.2) is 0 Å². The van der Waals surface area contributed by atoms with E-state index in [1.165, 1.54) is 11.8 Å². The average molecular weight is 318 g/mol. The van der Waals surface area contributed by atoms with Crippen LogP contribution in [0.3, 0.4) is 0 Å². The maximum atomic E-state index is 5.64. The lowest BCUT2D eigenvalue weighted by molar-refractivity contribution is 0.411. The average Bonchev–Trinajstić information content (AvgIpc) is 3.22. The first-order valence-electron chi connectivity index (χ1n) is 6.71. The lowest BCUT2D eigenvalue weighted by atomic mass is 10.2. The molecule has 0 saturated heterocycles. The molecular weight excluding hydrogens is 304 g/mol. The van der Waals surface area contributed by atoms with Gasteiger partial charge in [-0.1, -0.05) is 30.8 Å². The van der Waals surface area contributed by atoms with Crippen molar-refractivity contribution in [2.24, 2.45) is 0 Å². The molecule has 22 heavy (non-hydrogen) atoms. The molecule has 0 N–H and O–H groups in total. The van der Waals surface area contributed by atoms with Gasteiger partial charge in [-0.25, -0.2) is 0 Å². The Balaban J connectivity index is 1.71. The van der Waals surface area contributed by atoms with Crippen LogP contribution < -0.4 is 4.74 Å². The first kappa shape index (κ1) is 14.6. The fourth-order valence-corrected chi connectivity index (χ4v) is 2.41. The molecule has 0 unspecified atom stereocenters. The summed E-state index contributed by atoms with van der Waals surface area (Å²) in [6, 6.07) is 7.48. The number of hydrogen-bond donors (Lipinski definition) is 0. The topological polar surface area (TPSA) is 87.1 Å². The second-order valence-electron chi connectivity index (χ2n) is 4.31. The van der Waals surface area contributed by atoms with Gasteiger partial charge in [0.05, 0.1) is 18.4 Å². The molecule has 8 heteroatoms. The first-order chi connectivity index (χ1) is 10.8. The molecular formula is C14H14N4O3S. The Morgan fingerprint density at radius 2 is 1.86 bits per heavy atom. The summed E-state index contributed by atoms with van der Waals surface area (Å²) in [4.78, 5) is 0. The molecule has 3 aromatic rings. The van der Waals surface area contributed by atoms with Gasteiger partial charge >= 0.3 is 0 Å². The zero-order valence-corrected chi connectivity index (χ0v) is 13.0. The van der Waals surface area contributed by atoms with Crippen LogP contribution in [-0.2, 0) is 12.2 Å². The van der Waals surface area contributed by atoms with Gasteiger partial charge in [0.2, 0.25) is 11.8 Å². The Morgan fingerprint density at radius 3 is 2.64 bits per heavy atom. The van der Waals surface area contributed by atoms with Crippen LogP contribution in [0.2, 0.25) is 0 Å². The third-order valence-corrected chi connectivity index (χ3v) is 3.68. The highest BCUT2D eigenvalue weighted by Gasteiger charge is 2.14. The highest BCUT2D eigenvalue weighted by atomic mass is 32.2. The highest BCUT2D eigenvalue weighted by molar-refractivity contribution is 7.98. The molecule has 114 valence electrons. The van der Waals surface area contributed by atoms with Crippen molar-refractivity contribution in [1.82, 2.24) is 20.4 Å². The summed E-state index contributed by atoms with van der Waals surface area (Å²) < 4.78 is 16.4. The lowest BCUT2D eigenvalue weighted by Crippen LogP contribution is -1.87. The number of thioether (sulfide) groups is 1. The van der Waals surface area contributed by atoms with Crippen LogP contribution in [-0.4, -0.2) is 27.5 Å². The maximum absolute atomic E-state index is 5.64. The fraction of sp³-hybridized carbons (Fsp3) is 0.286. The molecule has 0 aliphatic rings. The van der Waals surface area contributed by atoms with E-state index in [2.05, 4.69) is 20.4 Å². The Hall–Kier alpha value is -2.35. The van der Waals surface area contributed by atoms with Crippen LogP contribution >= 0.6 is 11.8 Å². The summed E-state index contributed by atoms with van der Waals surface area (Å²) in [6.07, 6.45) is 0.718. The van der Waals surface area contributed by atoms with Crippen LogP contribution in [0.5, 0.6) is 5.75 Å². The Kier molecular flexibility index (Phi) is 4.38. The second-order valence-corrected chi connectivity index (χ2v) is 5.23. The maximum Gasteiger partial charge on any atom is 0.277 e. The van der Waals surface area contributed by atoms with Crippen molar-refractivity contribution in [3.05, 3.63) is 36.0 Å². The van der Waals surface area contributed by atoms with Crippen molar-refractivity contribution in [2.75, 3.05) is 7.11 Å². The minimum absolute atomic E-state index is 0.416. The summed E-state index contributed by atoms with van der Waals surface area (Å²) in [5.74, 6) is 2.75. The number of aromatic nitrogens is 4. The lowest BCUT2D eigenvalue weighted by Gasteiger charge is -2.03. The molecule has 0 aliphatic carbocycles. The van der Waals surface area contributed by atoms with E-state index in [-0.39, 0.29) is 0 Å². The van der Waals surface area contributed by atoms with E-state index in [1.54, 1.807) is 7.11 Å². The smallest absolute Gasteiger partial charge is 0.277 e. The van der Waals surface area contributed by atoms with Crippen LogP contribution in [0.1, 0.15) is 18.7 Å². The molecule has 0 aliphatic heterocycles. The molecule has 0 amide bonds. The van der Waals surface area contributed by atoms with Gasteiger partial charge in [-0.2, -0.15) is 0 Å². The van der Waals surface area contributed by atoms with E-state index in [4.69, 9.17) is 13.6 Å². The number of ether oxygens (including phenoxy) is 1. The van der Waals surface area contributed by atoms with Crippen molar-refractivity contribution in [3.63, 3.8) is 0 Å². The molecule has 2 heterocycles. The third-order valence-electron chi connectivity index (χ3n) is 2.87. The molecule has 0 fully saturated rings. The number of nitrogens with zero attached hydrogens (tertiary/aromatic N) is 4. The van der Waals surface area contributed by atoms with Gasteiger partial charge < -0.3 is 13.6 Å². The van der Waals surface area contributed by atoms with Crippen LogP contribution in [0.4, 0.5) is 0 Å². The van der Waals surface area contributed by atoms with Crippen LogP contribution in [0.25, 0.3) is 11.5 Å². The van der Waals surface area contributed by atoms with E-state index in [0.29, 0.717) is 34.4 Å². The highest BCUT2D eigenvalue weighted by Crippen LogP contribution is 2.31. The van der Waals surface area contributed by atoms with Gasteiger partial charge in [0.25, 0.3) is 11.1 Å². The second kappa shape index (κ2) is 6.61. The molecule has 3 rings (SSSR count). The summed E-state index contributed by atoms with van der Waals surface area (Å²) in [5, 5.41) is 16.4. The van der Waals surface area contributed by atoms with Crippen molar-refractivity contribution in [2.45, 2.75) is 24.3 Å².